The highest BCUT2D eigenvalue weighted by Crippen LogP contribution is 2.34. The smallest absolute Gasteiger partial charge is 0.265 e. The van der Waals surface area contributed by atoms with Gasteiger partial charge in [-0.25, -0.2) is 9.97 Å². The summed E-state index contributed by atoms with van der Waals surface area (Å²) in [4.78, 5) is 23.4. The minimum absolute atomic E-state index is 0.195. The van der Waals surface area contributed by atoms with Crippen LogP contribution in [0.25, 0.3) is 16.2 Å². The Hall–Kier alpha value is -3.73. The third-order valence-corrected chi connectivity index (χ3v) is 8.01. The number of nitrogens with zero attached hydrogens (tertiary/aromatic N) is 3. The molecule has 5 N–H and O–H groups in total. The number of carbonyl (C=O) groups excluding carboxylic acids is 1. The van der Waals surface area contributed by atoms with Crippen molar-refractivity contribution >= 4 is 55.7 Å². The van der Waals surface area contributed by atoms with Gasteiger partial charge >= 0.3 is 0 Å². The average Bonchev–Trinajstić information content (AvgIpc) is 3.24. The normalized spacial score (nSPS) is 13.2. The van der Waals surface area contributed by atoms with Crippen LogP contribution in [0.5, 0.6) is 0 Å². The maximum Gasteiger partial charge on any atom is 0.265 e. The van der Waals surface area contributed by atoms with Crippen LogP contribution in [0.3, 0.4) is 0 Å². The number of amides is 1. The fourth-order valence-electron chi connectivity index (χ4n) is 4.02. The van der Waals surface area contributed by atoms with E-state index in [0.717, 1.165) is 45.4 Å². The molecule has 1 amide bonds. The molecule has 36 heavy (non-hydrogen) atoms. The molecule has 1 aliphatic carbocycles. The summed E-state index contributed by atoms with van der Waals surface area (Å²) in [6.07, 6.45) is 6.44. The first-order valence-corrected chi connectivity index (χ1v) is 13.4. The molecule has 0 unspecified atom stereocenters. The molecule has 5 aromatic rings. The minimum atomic E-state index is -0.195. The van der Waals surface area contributed by atoms with Gasteiger partial charge in [-0.3, -0.25) is 9.20 Å². The Morgan fingerprint density at radius 2 is 1.92 bits per heavy atom. The number of nitrogens with one attached hydrogen (secondary N) is 3. The number of nitrogen functional groups attached to an aromatic ring is 1. The number of benzene rings is 1. The van der Waals surface area contributed by atoms with Gasteiger partial charge < -0.3 is 21.7 Å². The lowest BCUT2D eigenvalue weighted by Gasteiger charge is -2.09. The highest BCUT2D eigenvalue weighted by molar-refractivity contribution is 7.20. The van der Waals surface area contributed by atoms with Gasteiger partial charge in [0, 0.05) is 18.4 Å². The number of hydrogen-bond acceptors (Lipinski definition) is 8. The van der Waals surface area contributed by atoms with E-state index < -0.39 is 0 Å². The summed E-state index contributed by atoms with van der Waals surface area (Å²) in [5, 5.41) is 11.4. The first-order chi connectivity index (χ1) is 17.6. The molecular weight excluding hydrogens is 490 g/mol. The fourth-order valence-corrected chi connectivity index (χ4v) is 5.71. The van der Waals surface area contributed by atoms with E-state index in [4.69, 9.17) is 5.73 Å². The van der Waals surface area contributed by atoms with Gasteiger partial charge in [0.05, 0.1) is 38.0 Å². The maximum absolute atomic E-state index is 12.7. The third kappa shape index (κ3) is 4.83. The number of para-hydroxylation sites is 2. The highest BCUT2D eigenvalue weighted by Gasteiger charge is 2.20. The SMILES string of the molecule is Nc1ccccc1NC(=O)c1ccc(Nc2ncc(-c3cnc4cccc(CNCC5CC5)n34)s2)s1. The summed E-state index contributed by atoms with van der Waals surface area (Å²) in [5.74, 6) is 0.640. The topological polar surface area (TPSA) is 109 Å². The molecule has 6 rings (SSSR count). The zero-order valence-corrected chi connectivity index (χ0v) is 21.0. The quantitative estimate of drug-likeness (QED) is 0.190. The number of nitrogens with two attached hydrogens (primary N) is 1. The lowest BCUT2D eigenvalue weighted by Crippen LogP contribution is -2.18. The van der Waals surface area contributed by atoms with E-state index in [2.05, 4.69) is 42.5 Å². The van der Waals surface area contributed by atoms with Gasteiger partial charge in [0.25, 0.3) is 5.91 Å². The zero-order chi connectivity index (χ0) is 24.5. The van der Waals surface area contributed by atoms with E-state index in [-0.39, 0.29) is 5.91 Å². The summed E-state index contributed by atoms with van der Waals surface area (Å²) in [7, 11) is 0. The second-order valence-electron chi connectivity index (χ2n) is 8.79. The van der Waals surface area contributed by atoms with Crippen molar-refractivity contribution in [2.75, 3.05) is 22.9 Å². The largest absolute Gasteiger partial charge is 0.397 e. The number of pyridine rings is 1. The van der Waals surface area contributed by atoms with Crippen LogP contribution in [0.15, 0.2) is 67.0 Å². The van der Waals surface area contributed by atoms with Gasteiger partial charge in [0.1, 0.15) is 5.65 Å². The number of aromatic nitrogens is 3. The Morgan fingerprint density at radius 1 is 1.03 bits per heavy atom. The van der Waals surface area contributed by atoms with Crippen molar-refractivity contribution in [2.45, 2.75) is 19.4 Å². The summed E-state index contributed by atoms with van der Waals surface area (Å²) in [5.41, 5.74) is 10.2. The van der Waals surface area contributed by atoms with Gasteiger partial charge in [-0.15, -0.1) is 11.3 Å². The summed E-state index contributed by atoms with van der Waals surface area (Å²) in [6, 6.07) is 17.1. The second-order valence-corrected chi connectivity index (χ2v) is 10.9. The van der Waals surface area contributed by atoms with E-state index in [0.29, 0.717) is 16.3 Å². The molecule has 4 heterocycles. The van der Waals surface area contributed by atoms with Gasteiger partial charge in [-0.2, -0.15) is 0 Å². The molecule has 1 fully saturated rings. The van der Waals surface area contributed by atoms with Gasteiger partial charge in [0.2, 0.25) is 0 Å². The standard InChI is InChI=1S/C26H25N7OS2/c27-18-5-1-2-6-19(18)31-25(34)21-10-11-24(35-21)32-26-30-15-22(36-26)20-14-29-23-7-3-4-17(33(20)23)13-28-12-16-8-9-16/h1-7,10-11,14-16,28H,8-9,12-13,27H2,(H,30,32)(H,31,34). The van der Waals surface area contributed by atoms with Crippen LogP contribution < -0.4 is 21.7 Å². The van der Waals surface area contributed by atoms with Crippen molar-refractivity contribution in [3.05, 3.63) is 77.6 Å². The molecule has 0 saturated heterocycles. The van der Waals surface area contributed by atoms with Gasteiger partial charge in [-0.1, -0.05) is 29.5 Å². The van der Waals surface area contributed by atoms with Crippen LogP contribution in [0.4, 0.5) is 21.5 Å². The van der Waals surface area contributed by atoms with Gasteiger partial charge in [0.15, 0.2) is 5.13 Å². The number of thiazole rings is 1. The van der Waals surface area contributed by atoms with Crippen molar-refractivity contribution in [3.8, 4) is 10.6 Å². The number of anilines is 4. The van der Waals surface area contributed by atoms with Crippen molar-refractivity contribution in [1.29, 1.82) is 0 Å². The Bertz CT molecular complexity index is 1530. The zero-order valence-electron chi connectivity index (χ0n) is 19.4. The summed E-state index contributed by atoms with van der Waals surface area (Å²) < 4.78 is 2.19. The molecule has 0 radical (unpaired) electrons. The fraction of sp³-hybridized carbons (Fsp3) is 0.192. The monoisotopic (exact) mass is 515 g/mol. The predicted octanol–water partition coefficient (Wildman–Crippen LogP) is 5.60. The van der Waals surface area contributed by atoms with Gasteiger partial charge in [-0.05, 0) is 61.7 Å². The Balaban J connectivity index is 1.17. The molecule has 182 valence electrons. The molecule has 10 heteroatoms. The first kappa shape index (κ1) is 22.7. The molecular formula is C26H25N7OS2. The number of fused-ring (bicyclic) bond motifs is 1. The van der Waals surface area contributed by atoms with E-state index in [1.54, 1.807) is 29.5 Å². The molecule has 0 atom stereocenters. The Morgan fingerprint density at radius 3 is 2.78 bits per heavy atom. The highest BCUT2D eigenvalue weighted by atomic mass is 32.1. The molecule has 0 spiro atoms. The molecule has 1 aromatic carbocycles. The van der Waals surface area contributed by atoms with Crippen LogP contribution in [-0.2, 0) is 6.54 Å². The van der Waals surface area contributed by atoms with E-state index >= 15 is 0 Å². The summed E-state index contributed by atoms with van der Waals surface area (Å²) in [6.45, 7) is 1.87. The lowest BCUT2D eigenvalue weighted by molar-refractivity contribution is 0.103. The van der Waals surface area contributed by atoms with Crippen LogP contribution in [0.1, 0.15) is 28.2 Å². The molecule has 8 nitrogen and oxygen atoms in total. The lowest BCUT2D eigenvalue weighted by atomic mass is 10.2. The van der Waals surface area contributed by atoms with Crippen molar-refractivity contribution in [2.24, 2.45) is 5.92 Å². The van der Waals surface area contributed by atoms with Crippen LogP contribution in [-0.4, -0.2) is 26.8 Å². The van der Waals surface area contributed by atoms with Crippen LogP contribution in [0.2, 0.25) is 0 Å². The molecule has 0 bridgehead atoms. The van der Waals surface area contributed by atoms with Crippen molar-refractivity contribution in [1.82, 2.24) is 19.7 Å². The van der Waals surface area contributed by atoms with E-state index in [1.807, 2.05) is 36.7 Å². The number of thiophene rings is 1. The first-order valence-electron chi connectivity index (χ1n) is 11.8. The van der Waals surface area contributed by atoms with Crippen molar-refractivity contribution < 1.29 is 4.79 Å². The minimum Gasteiger partial charge on any atom is -0.397 e. The molecule has 0 aliphatic heterocycles. The molecule has 4 aromatic heterocycles. The average molecular weight is 516 g/mol. The molecule has 1 aliphatic rings. The van der Waals surface area contributed by atoms with E-state index in [9.17, 15) is 4.79 Å². The number of carbonyl (C=O) groups is 1. The second kappa shape index (κ2) is 9.73. The Labute approximate surface area is 216 Å². The molecule has 1 saturated carbocycles. The maximum atomic E-state index is 12.7. The number of imidazole rings is 1. The number of hydrogen-bond donors (Lipinski definition) is 4. The van der Waals surface area contributed by atoms with Crippen molar-refractivity contribution in [3.63, 3.8) is 0 Å². The van der Waals surface area contributed by atoms with Crippen LogP contribution >= 0.6 is 22.7 Å². The predicted molar refractivity (Wildman–Crippen MR) is 147 cm³/mol. The van der Waals surface area contributed by atoms with Crippen LogP contribution in [0, 0.1) is 5.92 Å². The number of rotatable bonds is 9. The third-order valence-electron chi connectivity index (χ3n) is 6.07. The van der Waals surface area contributed by atoms with E-state index in [1.165, 1.54) is 29.9 Å². The summed E-state index contributed by atoms with van der Waals surface area (Å²) >= 11 is 2.92. The Kier molecular flexibility index (Phi) is 6.14.